The minimum atomic E-state index is -0.859. The van der Waals surface area contributed by atoms with Crippen LogP contribution in [0.15, 0.2) is 0 Å². The summed E-state index contributed by atoms with van der Waals surface area (Å²) < 4.78 is 2.12. The van der Waals surface area contributed by atoms with Crippen LogP contribution in [0.1, 0.15) is 44.8 Å². The molecule has 0 radical (unpaired) electrons. The fraction of sp³-hybridized carbons (Fsp3) is 0.750. The summed E-state index contributed by atoms with van der Waals surface area (Å²) in [4.78, 5) is 11.7. The Bertz CT molecular complexity index is 432. The molecule has 0 spiro atoms. The molecule has 1 aliphatic heterocycles. The zero-order valence-electron chi connectivity index (χ0n) is 11.1. The van der Waals surface area contributed by atoms with Crippen LogP contribution in [0.4, 0.5) is 0 Å². The fourth-order valence-corrected chi connectivity index (χ4v) is 2.06. The maximum atomic E-state index is 11.7. The van der Waals surface area contributed by atoms with Crippen LogP contribution in [0, 0.1) is 0 Å². The third kappa shape index (κ3) is 2.87. The van der Waals surface area contributed by atoms with Crippen molar-refractivity contribution in [1.82, 2.24) is 20.1 Å². The summed E-state index contributed by atoms with van der Waals surface area (Å²) in [5.74, 6) is 1.68. The van der Waals surface area contributed by atoms with Crippen LogP contribution >= 0.6 is 0 Å². The van der Waals surface area contributed by atoms with E-state index in [9.17, 15) is 4.79 Å². The van der Waals surface area contributed by atoms with Crippen LogP contribution in [0.2, 0.25) is 0 Å². The van der Waals surface area contributed by atoms with Crippen LogP contribution < -0.4 is 11.1 Å². The van der Waals surface area contributed by atoms with E-state index in [1.807, 2.05) is 0 Å². The van der Waals surface area contributed by atoms with E-state index in [4.69, 9.17) is 5.73 Å². The molecule has 0 bridgehead atoms. The molecule has 0 fully saturated rings. The molecule has 0 aliphatic carbocycles. The van der Waals surface area contributed by atoms with E-state index < -0.39 is 5.54 Å². The number of nitrogens with two attached hydrogens (primary N) is 1. The Morgan fingerprint density at radius 1 is 1.39 bits per heavy atom. The maximum Gasteiger partial charge on any atom is 0.239 e. The van der Waals surface area contributed by atoms with Crippen molar-refractivity contribution < 1.29 is 4.79 Å². The van der Waals surface area contributed by atoms with Crippen LogP contribution in [-0.2, 0) is 24.3 Å². The Morgan fingerprint density at radius 3 is 2.89 bits per heavy atom. The van der Waals surface area contributed by atoms with Gasteiger partial charge in [0.2, 0.25) is 5.91 Å². The zero-order chi connectivity index (χ0) is 13.2. The molecule has 6 heteroatoms. The molecule has 0 unspecified atom stereocenters. The average molecular weight is 251 g/mol. The van der Waals surface area contributed by atoms with Gasteiger partial charge in [0.1, 0.15) is 5.82 Å². The summed E-state index contributed by atoms with van der Waals surface area (Å²) in [6, 6.07) is 0. The number of fused-ring (bicyclic) bond motifs is 1. The fourth-order valence-electron chi connectivity index (χ4n) is 2.06. The summed E-state index contributed by atoms with van der Waals surface area (Å²) in [5, 5.41) is 11.1. The topological polar surface area (TPSA) is 85.8 Å². The highest BCUT2D eigenvalue weighted by Gasteiger charge is 2.22. The van der Waals surface area contributed by atoms with Gasteiger partial charge in [-0.2, -0.15) is 0 Å². The van der Waals surface area contributed by atoms with Gasteiger partial charge in [-0.3, -0.25) is 4.79 Å². The molecular weight excluding hydrogens is 230 g/mol. The molecule has 3 N–H and O–H groups in total. The van der Waals surface area contributed by atoms with Gasteiger partial charge >= 0.3 is 0 Å². The Morgan fingerprint density at radius 2 is 2.17 bits per heavy atom. The van der Waals surface area contributed by atoms with Crippen molar-refractivity contribution >= 4 is 5.91 Å². The Hall–Kier alpha value is -1.43. The number of carbonyl (C=O) groups excluding carboxylic acids is 1. The number of hydrogen-bond acceptors (Lipinski definition) is 4. The average Bonchev–Trinajstić information content (AvgIpc) is 2.53. The summed E-state index contributed by atoms with van der Waals surface area (Å²) in [6.07, 6.45) is 4.52. The number of aromatic nitrogens is 3. The van der Waals surface area contributed by atoms with Crippen molar-refractivity contribution in [1.29, 1.82) is 0 Å². The van der Waals surface area contributed by atoms with Crippen molar-refractivity contribution in [3.8, 4) is 0 Å². The highest BCUT2D eigenvalue weighted by Crippen LogP contribution is 2.14. The van der Waals surface area contributed by atoms with Gasteiger partial charge in [0, 0.05) is 13.0 Å². The lowest BCUT2D eigenvalue weighted by molar-refractivity contribution is -0.125. The first-order valence-electron chi connectivity index (χ1n) is 6.46. The van der Waals surface area contributed by atoms with Gasteiger partial charge in [-0.05, 0) is 26.7 Å². The molecule has 0 saturated carbocycles. The summed E-state index contributed by atoms with van der Waals surface area (Å²) in [5.41, 5.74) is 4.87. The van der Waals surface area contributed by atoms with Gasteiger partial charge in [0.15, 0.2) is 5.82 Å². The number of rotatable bonds is 3. The lowest BCUT2D eigenvalue weighted by Crippen LogP contribution is -2.49. The number of nitrogens with zero attached hydrogens (tertiary/aromatic N) is 3. The van der Waals surface area contributed by atoms with Gasteiger partial charge in [0.05, 0.1) is 12.1 Å². The van der Waals surface area contributed by atoms with E-state index in [1.165, 1.54) is 12.8 Å². The second kappa shape index (κ2) is 5.06. The van der Waals surface area contributed by atoms with E-state index in [2.05, 4.69) is 20.1 Å². The molecule has 1 aliphatic rings. The van der Waals surface area contributed by atoms with Crippen molar-refractivity contribution in [2.75, 3.05) is 0 Å². The third-order valence-electron chi connectivity index (χ3n) is 3.18. The minimum Gasteiger partial charge on any atom is -0.347 e. The Labute approximate surface area is 107 Å². The van der Waals surface area contributed by atoms with Crippen LogP contribution in [0.25, 0.3) is 0 Å². The quantitative estimate of drug-likeness (QED) is 0.812. The molecule has 18 heavy (non-hydrogen) atoms. The normalized spacial score (nSPS) is 15.9. The third-order valence-corrected chi connectivity index (χ3v) is 3.18. The predicted octanol–water partition coefficient (Wildman–Crippen LogP) is 0.358. The predicted molar refractivity (Wildman–Crippen MR) is 67.7 cm³/mol. The van der Waals surface area contributed by atoms with Crippen molar-refractivity contribution in [3.63, 3.8) is 0 Å². The SMILES string of the molecule is CC(C)(N)C(=O)NCc1nnc2n1CCCCC2. The lowest BCUT2D eigenvalue weighted by atomic mass is 10.1. The second-order valence-corrected chi connectivity index (χ2v) is 5.40. The first kappa shape index (κ1) is 13.0. The molecule has 0 aromatic carbocycles. The first-order chi connectivity index (χ1) is 8.48. The smallest absolute Gasteiger partial charge is 0.239 e. The summed E-state index contributed by atoms with van der Waals surface area (Å²) in [6.45, 7) is 4.71. The molecule has 2 rings (SSSR count). The van der Waals surface area contributed by atoms with Gasteiger partial charge < -0.3 is 15.6 Å². The molecule has 1 amide bonds. The molecule has 0 atom stereocenters. The molecular formula is C12H21N5O. The molecule has 1 aromatic rings. The first-order valence-corrected chi connectivity index (χ1v) is 6.46. The minimum absolute atomic E-state index is 0.173. The molecule has 6 nitrogen and oxygen atoms in total. The van der Waals surface area contributed by atoms with Gasteiger partial charge in [-0.15, -0.1) is 10.2 Å². The summed E-state index contributed by atoms with van der Waals surface area (Å²) in [7, 11) is 0. The van der Waals surface area contributed by atoms with E-state index in [-0.39, 0.29) is 5.91 Å². The highest BCUT2D eigenvalue weighted by molar-refractivity contribution is 5.84. The van der Waals surface area contributed by atoms with Gasteiger partial charge in [-0.25, -0.2) is 0 Å². The van der Waals surface area contributed by atoms with E-state index >= 15 is 0 Å². The molecule has 2 heterocycles. The Balaban J connectivity index is 2.02. The lowest BCUT2D eigenvalue weighted by Gasteiger charge is -2.17. The molecule has 100 valence electrons. The van der Waals surface area contributed by atoms with E-state index in [0.29, 0.717) is 6.54 Å². The standard InChI is InChI=1S/C12H21N5O/c1-12(2,13)11(18)14-8-10-16-15-9-6-4-3-5-7-17(9)10/h3-8,13H2,1-2H3,(H,14,18). The van der Waals surface area contributed by atoms with E-state index in [1.54, 1.807) is 13.8 Å². The van der Waals surface area contributed by atoms with E-state index in [0.717, 1.165) is 31.0 Å². The van der Waals surface area contributed by atoms with Crippen molar-refractivity contribution in [2.24, 2.45) is 5.73 Å². The Kier molecular flexibility index (Phi) is 3.65. The number of hydrogen-bond donors (Lipinski definition) is 2. The summed E-state index contributed by atoms with van der Waals surface area (Å²) >= 11 is 0. The number of nitrogens with one attached hydrogen (secondary N) is 1. The number of carbonyl (C=O) groups is 1. The van der Waals surface area contributed by atoms with Gasteiger partial charge in [0.25, 0.3) is 0 Å². The van der Waals surface area contributed by atoms with Crippen molar-refractivity contribution in [3.05, 3.63) is 11.6 Å². The van der Waals surface area contributed by atoms with Crippen molar-refractivity contribution in [2.45, 2.75) is 58.2 Å². The largest absolute Gasteiger partial charge is 0.347 e. The number of aryl methyl sites for hydroxylation is 1. The highest BCUT2D eigenvalue weighted by atomic mass is 16.2. The van der Waals surface area contributed by atoms with Crippen LogP contribution in [0.3, 0.4) is 0 Å². The second-order valence-electron chi connectivity index (χ2n) is 5.40. The molecule has 0 saturated heterocycles. The number of amides is 1. The molecule has 1 aromatic heterocycles. The van der Waals surface area contributed by atoms with Gasteiger partial charge in [-0.1, -0.05) is 6.42 Å². The monoisotopic (exact) mass is 251 g/mol. The van der Waals surface area contributed by atoms with Crippen LogP contribution in [0.5, 0.6) is 0 Å². The van der Waals surface area contributed by atoms with Crippen LogP contribution in [-0.4, -0.2) is 26.2 Å². The maximum absolute atomic E-state index is 11.7. The zero-order valence-corrected chi connectivity index (χ0v) is 11.1.